The van der Waals surface area contributed by atoms with Crippen molar-refractivity contribution >= 4 is 29.0 Å². The number of rotatable bonds is 4. The quantitative estimate of drug-likeness (QED) is 0.729. The lowest BCUT2D eigenvalue weighted by Gasteiger charge is -2.35. The van der Waals surface area contributed by atoms with Gasteiger partial charge in [0.25, 0.3) is 0 Å². The van der Waals surface area contributed by atoms with Gasteiger partial charge in [-0.3, -0.25) is 4.98 Å². The number of amides is 2. The van der Waals surface area contributed by atoms with Crippen LogP contribution in [-0.4, -0.2) is 52.3 Å². The van der Waals surface area contributed by atoms with E-state index in [1.54, 1.807) is 12.4 Å². The summed E-state index contributed by atoms with van der Waals surface area (Å²) in [6, 6.07) is 17.0. The lowest BCUT2D eigenvalue weighted by molar-refractivity contribution is 0.208. The Hall–Kier alpha value is -3.68. The van der Waals surface area contributed by atoms with E-state index < -0.39 is 0 Å². The van der Waals surface area contributed by atoms with Gasteiger partial charge in [-0.05, 0) is 36.4 Å². The highest BCUT2D eigenvalue weighted by Crippen LogP contribution is 2.17. The van der Waals surface area contributed by atoms with Crippen molar-refractivity contribution < 1.29 is 4.79 Å². The van der Waals surface area contributed by atoms with Crippen LogP contribution >= 0.6 is 0 Å². The topological polar surface area (TPSA) is 86.3 Å². The molecule has 3 aromatic rings. The molecule has 1 saturated heterocycles. The van der Waals surface area contributed by atoms with Crippen LogP contribution in [0.3, 0.4) is 0 Å². The van der Waals surface area contributed by atoms with Crippen LogP contribution in [-0.2, 0) is 0 Å². The number of nitrogens with zero attached hydrogens (tertiary/aromatic N) is 5. The van der Waals surface area contributed by atoms with Gasteiger partial charge in [0, 0.05) is 49.9 Å². The molecule has 2 N–H and O–H groups in total. The lowest BCUT2D eigenvalue weighted by Crippen LogP contribution is -2.50. The lowest BCUT2D eigenvalue weighted by atomic mass is 10.3. The predicted molar refractivity (Wildman–Crippen MR) is 109 cm³/mol. The SMILES string of the molecule is O=C(Nc1ccccc1)N1CCN(c2ccc(Nc3ccncc3)nn2)CC1. The van der Waals surface area contributed by atoms with Crippen LogP contribution in [0.25, 0.3) is 0 Å². The second kappa shape index (κ2) is 8.34. The van der Waals surface area contributed by atoms with E-state index >= 15 is 0 Å². The van der Waals surface area contributed by atoms with Gasteiger partial charge in [0.05, 0.1) is 0 Å². The van der Waals surface area contributed by atoms with E-state index in [0.717, 1.165) is 17.2 Å². The molecule has 0 atom stereocenters. The molecule has 8 nitrogen and oxygen atoms in total. The van der Waals surface area contributed by atoms with E-state index in [2.05, 4.69) is 30.7 Å². The van der Waals surface area contributed by atoms with Crippen LogP contribution in [0.5, 0.6) is 0 Å². The normalized spacial score (nSPS) is 13.9. The zero-order valence-corrected chi connectivity index (χ0v) is 15.3. The Morgan fingerprint density at radius 1 is 0.821 bits per heavy atom. The highest BCUT2D eigenvalue weighted by atomic mass is 16.2. The molecule has 28 heavy (non-hydrogen) atoms. The molecule has 1 aliphatic rings. The Kier molecular flexibility index (Phi) is 5.28. The Morgan fingerprint density at radius 3 is 2.25 bits per heavy atom. The fraction of sp³-hybridized carbons (Fsp3) is 0.200. The fourth-order valence-corrected chi connectivity index (χ4v) is 3.01. The average Bonchev–Trinajstić information content (AvgIpc) is 2.76. The minimum Gasteiger partial charge on any atom is -0.352 e. The Labute approximate surface area is 163 Å². The van der Waals surface area contributed by atoms with Gasteiger partial charge in [0.15, 0.2) is 11.6 Å². The van der Waals surface area contributed by atoms with E-state index in [4.69, 9.17) is 0 Å². The molecule has 0 spiro atoms. The molecule has 8 heteroatoms. The van der Waals surface area contributed by atoms with Crippen molar-refractivity contribution in [2.75, 3.05) is 41.7 Å². The third-order valence-electron chi connectivity index (χ3n) is 4.52. The number of hydrogen-bond donors (Lipinski definition) is 2. The largest absolute Gasteiger partial charge is 0.352 e. The summed E-state index contributed by atoms with van der Waals surface area (Å²) in [5, 5.41) is 14.7. The number of aromatic nitrogens is 3. The van der Waals surface area contributed by atoms with Gasteiger partial charge in [0.2, 0.25) is 0 Å². The van der Waals surface area contributed by atoms with Crippen molar-refractivity contribution in [3.63, 3.8) is 0 Å². The minimum absolute atomic E-state index is 0.0752. The Morgan fingerprint density at radius 2 is 1.57 bits per heavy atom. The minimum atomic E-state index is -0.0752. The van der Waals surface area contributed by atoms with Crippen LogP contribution in [0.2, 0.25) is 0 Å². The molecule has 0 aliphatic carbocycles. The molecule has 0 bridgehead atoms. The molecule has 1 fully saturated rings. The summed E-state index contributed by atoms with van der Waals surface area (Å²) in [7, 11) is 0. The number of piperazine rings is 1. The summed E-state index contributed by atoms with van der Waals surface area (Å²) in [5.74, 6) is 1.49. The highest BCUT2D eigenvalue weighted by Gasteiger charge is 2.22. The first-order chi connectivity index (χ1) is 13.8. The van der Waals surface area contributed by atoms with E-state index in [0.29, 0.717) is 32.0 Å². The van der Waals surface area contributed by atoms with Gasteiger partial charge >= 0.3 is 6.03 Å². The Bertz CT molecular complexity index is 895. The van der Waals surface area contributed by atoms with Gasteiger partial charge in [0.1, 0.15) is 0 Å². The molecular weight excluding hydrogens is 354 g/mol. The summed E-state index contributed by atoms with van der Waals surface area (Å²) >= 11 is 0. The number of hydrogen-bond acceptors (Lipinski definition) is 6. The predicted octanol–water partition coefficient (Wildman–Crippen LogP) is 2.97. The van der Waals surface area contributed by atoms with Crippen molar-refractivity contribution in [1.82, 2.24) is 20.1 Å². The number of anilines is 4. The molecule has 2 amide bonds. The zero-order chi connectivity index (χ0) is 19.2. The molecular formula is C20H21N7O. The van der Waals surface area contributed by atoms with Crippen LogP contribution in [0.4, 0.5) is 27.8 Å². The molecule has 0 saturated carbocycles. The average molecular weight is 375 g/mol. The number of urea groups is 1. The van der Waals surface area contributed by atoms with E-state index in [1.807, 2.05) is 59.5 Å². The summed E-state index contributed by atoms with van der Waals surface area (Å²) in [4.78, 5) is 20.3. The van der Waals surface area contributed by atoms with Crippen molar-refractivity contribution in [2.24, 2.45) is 0 Å². The number of para-hydroxylation sites is 1. The van der Waals surface area contributed by atoms with Gasteiger partial charge < -0.3 is 20.4 Å². The first-order valence-electron chi connectivity index (χ1n) is 9.15. The molecule has 4 rings (SSSR count). The maximum atomic E-state index is 12.4. The number of carbonyl (C=O) groups is 1. The molecule has 1 aliphatic heterocycles. The number of carbonyl (C=O) groups excluding carboxylic acids is 1. The summed E-state index contributed by atoms with van der Waals surface area (Å²) in [6.07, 6.45) is 3.44. The maximum Gasteiger partial charge on any atom is 0.321 e. The van der Waals surface area contributed by atoms with Gasteiger partial charge in [-0.2, -0.15) is 0 Å². The second-order valence-corrected chi connectivity index (χ2v) is 6.41. The number of pyridine rings is 1. The van der Waals surface area contributed by atoms with Gasteiger partial charge in [-0.1, -0.05) is 18.2 Å². The first-order valence-corrected chi connectivity index (χ1v) is 9.15. The fourth-order valence-electron chi connectivity index (χ4n) is 3.01. The molecule has 1 aromatic carbocycles. The van der Waals surface area contributed by atoms with Gasteiger partial charge in [-0.25, -0.2) is 4.79 Å². The first kappa shape index (κ1) is 17.7. The smallest absolute Gasteiger partial charge is 0.321 e. The standard InChI is InChI=1S/C20H21N7O/c28-20(23-16-4-2-1-3-5-16)27-14-12-26(13-15-27)19-7-6-18(24-25-19)22-17-8-10-21-11-9-17/h1-11H,12-15H2,(H,23,28)(H,21,22,24). The zero-order valence-electron chi connectivity index (χ0n) is 15.3. The number of nitrogens with one attached hydrogen (secondary N) is 2. The summed E-state index contributed by atoms with van der Waals surface area (Å²) < 4.78 is 0. The second-order valence-electron chi connectivity index (χ2n) is 6.41. The van der Waals surface area contributed by atoms with E-state index in [1.165, 1.54) is 0 Å². The molecule has 2 aromatic heterocycles. The summed E-state index contributed by atoms with van der Waals surface area (Å²) in [5.41, 5.74) is 1.72. The molecule has 0 radical (unpaired) electrons. The van der Waals surface area contributed by atoms with Gasteiger partial charge in [-0.15, -0.1) is 10.2 Å². The van der Waals surface area contributed by atoms with Crippen LogP contribution in [0.15, 0.2) is 67.0 Å². The molecule has 3 heterocycles. The maximum absolute atomic E-state index is 12.4. The van der Waals surface area contributed by atoms with Crippen molar-refractivity contribution in [3.05, 3.63) is 67.0 Å². The monoisotopic (exact) mass is 375 g/mol. The Balaban J connectivity index is 1.30. The van der Waals surface area contributed by atoms with Crippen molar-refractivity contribution in [3.8, 4) is 0 Å². The van der Waals surface area contributed by atoms with Crippen LogP contribution in [0.1, 0.15) is 0 Å². The third-order valence-corrected chi connectivity index (χ3v) is 4.52. The van der Waals surface area contributed by atoms with Crippen molar-refractivity contribution in [1.29, 1.82) is 0 Å². The highest BCUT2D eigenvalue weighted by molar-refractivity contribution is 5.89. The third kappa shape index (κ3) is 4.35. The summed E-state index contributed by atoms with van der Waals surface area (Å²) in [6.45, 7) is 2.71. The van der Waals surface area contributed by atoms with E-state index in [9.17, 15) is 4.79 Å². The van der Waals surface area contributed by atoms with Crippen molar-refractivity contribution in [2.45, 2.75) is 0 Å². The molecule has 142 valence electrons. The molecule has 0 unspecified atom stereocenters. The van der Waals surface area contributed by atoms with Crippen LogP contribution in [0, 0.1) is 0 Å². The van der Waals surface area contributed by atoms with E-state index in [-0.39, 0.29) is 6.03 Å². The number of benzene rings is 1. The van der Waals surface area contributed by atoms with Crippen LogP contribution < -0.4 is 15.5 Å².